The first kappa shape index (κ1) is 15.9. The number of amides is 2. The standard InChI is InChI=1S/C13H19F3N2O3/c14-13(15,16)10-2-1-5-17(7-10)12(21)18(8-11(19)20)6-9-3-4-9/h9-10H,1-8H2,(H,19,20). The second kappa shape index (κ2) is 6.11. The van der Waals surface area contributed by atoms with E-state index in [1.54, 1.807) is 0 Å². The van der Waals surface area contributed by atoms with Crippen LogP contribution in [-0.4, -0.2) is 59.3 Å². The molecule has 2 amide bonds. The van der Waals surface area contributed by atoms with Crippen molar-refractivity contribution < 1.29 is 27.9 Å². The topological polar surface area (TPSA) is 60.9 Å². The molecule has 8 heteroatoms. The Bertz CT molecular complexity index is 410. The van der Waals surface area contributed by atoms with Gasteiger partial charge in [0, 0.05) is 19.6 Å². The van der Waals surface area contributed by atoms with Crippen LogP contribution in [0.3, 0.4) is 0 Å². The van der Waals surface area contributed by atoms with Crippen LogP contribution < -0.4 is 0 Å². The molecule has 2 rings (SSSR count). The van der Waals surface area contributed by atoms with Crippen molar-refractivity contribution in [2.45, 2.75) is 31.9 Å². The van der Waals surface area contributed by atoms with Crippen molar-refractivity contribution in [1.82, 2.24) is 9.80 Å². The maximum absolute atomic E-state index is 12.8. The lowest BCUT2D eigenvalue weighted by atomic mass is 9.98. The number of likely N-dealkylation sites (tertiary alicyclic amines) is 1. The van der Waals surface area contributed by atoms with Gasteiger partial charge in [0.05, 0.1) is 5.92 Å². The maximum atomic E-state index is 12.8. The van der Waals surface area contributed by atoms with Gasteiger partial charge in [-0.25, -0.2) is 4.79 Å². The molecule has 1 heterocycles. The van der Waals surface area contributed by atoms with Crippen molar-refractivity contribution in [3.63, 3.8) is 0 Å². The van der Waals surface area contributed by atoms with E-state index in [1.165, 1.54) is 4.90 Å². The lowest BCUT2D eigenvalue weighted by molar-refractivity contribution is -0.184. The summed E-state index contributed by atoms with van der Waals surface area (Å²) in [4.78, 5) is 25.4. The number of aliphatic carboxylic acids is 1. The van der Waals surface area contributed by atoms with Crippen molar-refractivity contribution >= 4 is 12.0 Å². The van der Waals surface area contributed by atoms with Crippen LogP contribution >= 0.6 is 0 Å². The van der Waals surface area contributed by atoms with Crippen LogP contribution in [0.4, 0.5) is 18.0 Å². The Balaban J connectivity index is 1.99. The summed E-state index contributed by atoms with van der Waals surface area (Å²) in [5.74, 6) is -2.37. The van der Waals surface area contributed by atoms with Gasteiger partial charge in [0.15, 0.2) is 0 Å². The number of carbonyl (C=O) groups excluding carboxylic acids is 1. The van der Waals surface area contributed by atoms with Gasteiger partial charge < -0.3 is 14.9 Å². The number of carbonyl (C=O) groups is 2. The highest BCUT2D eigenvalue weighted by molar-refractivity contribution is 5.80. The molecular weight excluding hydrogens is 289 g/mol. The van der Waals surface area contributed by atoms with Crippen LogP contribution in [-0.2, 0) is 4.79 Å². The maximum Gasteiger partial charge on any atom is 0.393 e. The molecule has 0 spiro atoms. The van der Waals surface area contributed by atoms with E-state index in [0.29, 0.717) is 13.0 Å². The number of rotatable bonds is 4. The molecule has 1 saturated carbocycles. The smallest absolute Gasteiger partial charge is 0.393 e. The fourth-order valence-electron chi connectivity index (χ4n) is 2.60. The molecule has 1 saturated heterocycles. The SMILES string of the molecule is O=C(O)CN(CC1CC1)C(=O)N1CCCC(C(F)(F)F)C1. The Morgan fingerprint density at radius 1 is 1.24 bits per heavy atom. The summed E-state index contributed by atoms with van der Waals surface area (Å²) in [5.41, 5.74) is 0. The van der Waals surface area contributed by atoms with Crippen molar-refractivity contribution in [1.29, 1.82) is 0 Å². The number of urea groups is 1. The summed E-state index contributed by atoms with van der Waals surface area (Å²) in [6, 6.07) is -0.585. The molecule has 21 heavy (non-hydrogen) atoms. The second-order valence-electron chi connectivity index (χ2n) is 5.83. The molecule has 0 bridgehead atoms. The highest BCUT2D eigenvalue weighted by Crippen LogP contribution is 2.34. The van der Waals surface area contributed by atoms with Gasteiger partial charge in [0.1, 0.15) is 6.54 Å². The van der Waals surface area contributed by atoms with E-state index in [0.717, 1.165) is 17.7 Å². The van der Waals surface area contributed by atoms with E-state index in [4.69, 9.17) is 5.11 Å². The van der Waals surface area contributed by atoms with Gasteiger partial charge in [0.2, 0.25) is 0 Å². The van der Waals surface area contributed by atoms with Gasteiger partial charge in [-0.2, -0.15) is 13.2 Å². The van der Waals surface area contributed by atoms with Crippen molar-refractivity contribution in [2.24, 2.45) is 11.8 Å². The molecule has 0 aromatic carbocycles. The normalized spacial score (nSPS) is 23.0. The summed E-state index contributed by atoms with van der Waals surface area (Å²) in [6.07, 6.45) is -2.12. The molecule has 1 atom stereocenters. The molecule has 1 N–H and O–H groups in total. The predicted molar refractivity (Wildman–Crippen MR) is 67.7 cm³/mol. The quantitative estimate of drug-likeness (QED) is 0.866. The summed E-state index contributed by atoms with van der Waals surface area (Å²) < 4.78 is 38.3. The minimum atomic E-state index is -4.31. The van der Waals surface area contributed by atoms with E-state index in [9.17, 15) is 22.8 Å². The van der Waals surface area contributed by atoms with Crippen molar-refractivity contribution in [2.75, 3.05) is 26.2 Å². The Labute approximate surface area is 120 Å². The Morgan fingerprint density at radius 3 is 2.43 bits per heavy atom. The summed E-state index contributed by atoms with van der Waals surface area (Å²) in [7, 11) is 0. The molecule has 2 fully saturated rings. The zero-order valence-electron chi connectivity index (χ0n) is 11.6. The van der Waals surface area contributed by atoms with Gasteiger partial charge in [-0.05, 0) is 31.6 Å². The van der Waals surface area contributed by atoms with E-state index in [2.05, 4.69) is 0 Å². The molecule has 1 unspecified atom stereocenters. The van der Waals surface area contributed by atoms with Crippen molar-refractivity contribution in [3.8, 4) is 0 Å². The molecule has 1 aliphatic heterocycles. The summed E-state index contributed by atoms with van der Waals surface area (Å²) in [5, 5.41) is 8.85. The number of carboxylic acids is 1. The number of hydrogen-bond donors (Lipinski definition) is 1. The third kappa shape index (κ3) is 4.50. The minimum absolute atomic E-state index is 0.0227. The minimum Gasteiger partial charge on any atom is -0.480 e. The highest BCUT2D eigenvalue weighted by atomic mass is 19.4. The fourth-order valence-corrected chi connectivity index (χ4v) is 2.60. The number of alkyl halides is 3. The lowest BCUT2D eigenvalue weighted by Crippen LogP contribution is -2.51. The largest absolute Gasteiger partial charge is 0.480 e. The van der Waals surface area contributed by atoms with E-state index in [1.807, 2.05) is 0 Å². The Hall–Kier alpha value is -1.47. The molecule has 1 aliphatic carbocycles. The number of halogens is 3. The molecule has 0 aromatic rings. The molecule has 0 radical (unpaired) electrons. The lowest BCUT2D eigenvalue weighted by Gasteiger charge is -2.36. The van der Waals surface area contributed by atoms with Crippen molar-refractivity contribution in [3.05, 3.63) is 0 Å². The Morgan fingerprint density at radius 2 is 1.90 bits per heavy atom. The van der Waals surface area contributed by atoms with Gasteiger partial charge in [0.25, 0.3) is 0 Å². The number of hydrogen-bond acceptors (Lipinski definition) is 2. The van der Waals surface area contributed by atoms with Crippen LogP contribution in [0.5, 0.6) is 0 Å². The highest BCUT2D eigenvalue weighted by Gasteiger charge is 2.43. The first-order chi connectivity index (χ1) is 9.77. The van der Waals surface area contributed by atoms with Gasteiger partial charge in [-0.15, -0.1) is 0 Å². The number of carboxylic acid groups (broad SMARTS) is 1. The molecular formula is C13H19F3N2O3. The van der Waals surface area contributed by atoms with E-state index < -0.39 is 30.6 Å². The van der Waals surface area contributed by atoms with Gasteiger partial charge in [-0.3, -0.25) is 4.79 Å². The van der Waals surface area contributed by atoms with E-state index >= 15 is 0 Å². The van der Waals surface area contributed by atoms with Crippen LogP contribution in [0, 0.1) is 11.8 Å². The number of piperidine rings is 1. The zero-order chi connectivity index (χ0) is 15.6. The monoisotopic (exact) mass is 308 g/mol. The van der Waals surface area contributed by atoms with Crippen LogP contribution in [0.2, 0.25) is 0 Å². The zero-order valence-corrected chi connectivity index (χ0v) is 11.6. The first-order valence-electron chi connectivity index (χ1n) is 7.09. The summed E-state index contributed by atoms with van der Waals surface area (Å²) >= 11 is 0. The molecule has 120 valence electrons. The van der Waals surface area contributed by atoms with Crippen LogP contribution in [0.1, 0.15) is 25.7 Å². The second-order valence-corrected chi connectivity index (χ2v) is 5.83. The first-order valence-corrected chi connectivity index (χ1v) is 7.09. The molecule has 5 nitrogen and oxygen atoms in total. The van der Waals surface area contributed by atoms with Crippen LogP contribution in [0.15, 0.2) is 0 Å². The third-order valence-electron chi connectivity index (χ3n) is 3.93. The van der Waals surface area contributed by atoms with Gasteiger partial charge in [-0.1, -0.05) is 0 Å². The average Bonchev–Trinajstić information content (AvgIpc) is 3.20. The third-order valence-corrected chi connectivity index (χ3v) is 3.93. The average molecular weight is 308 g/mol. The number of nitrogens with zero attached hydrogens (tertiary/aromatic N) is 2. The molecule has 2 aliphatic rings. The van der Waals surface area contributed by atoms with Gasteiger partial charge >= 0.3 is 18.2 Å². The predicted octanol–water partition coefficient (Wildman–Crippen LogP) is 2.18. The Kier molecular flexibility index (Phi) is 4.63. The van der Waals surface area contributed by atoms with E-state index in [-0.39, 0.29) is 25.4 Å². The van der Waals surface area contributed by atoms with Crippen LogP contribution in [0.25, 0.3) is 0 Å². The fraction of sp³-hybridized carbons (Fsp3) is 0.846. The summed E-state index contributed by atoms with van der Waals surface area (Å²) in [6.45, 7) is -0.254. The molecule has 0 aromatic heterocycles.